The fourth-order valence-corrected chi connectivity index (χ4v) is 3.01. The highest BCUT2D eigenvalue weighted by molar-refractivity contribution is 7.98. The number of carbonyl (C=O) groups excluding carboxylic acids is 1. The number of thioether (sulfide) groups is 1. The zero-order valence-electron chi connectivity index (χ0n) is 9.47. The van der Waals surface area contributed by atoms with Crippen molar-refractivity contribution in [3.63, 3.8) is 0 Å². The van der Waals surface area contributed by atoms with E-state index in [-0.39, 0.29) is 5.97 Å². The van der Waals surface area contributed by atoms with Crippen LogP contribution in [0, 0.1) is 0 Å². The molecule has 0 N–H and O–H groups in total. The highest BCUT2D eigenvalue weighted by Crippen LogP contribution is 2.26. The molecule has 0 spiro atoms. The van der Waals surface area contributed by atoms with Gasteiger partial charge in [0.25, 0.3) is 0 Å². The van der Waals surface area contributed by atoms with E-state index in [0.717, 1.165) is 34.9 Å². The van der Waals surface area contributed by atoms with Crippen molar-refractivity contribution in [2.75, 3.05) is 12.9 Å². The lowest BCUT2D eigenvalue weighted by molar-refractivity contribution is 0.0603. The predicted molar refractivity (Wildman–Crippen MR) is 67.2 cm³/mol. The summed E-state index contributed by atoms with van der Waals surface area (Å²) in [6.07, 6.45) is 0. The van der Waals surface area contributed by atoms with E-state index in [4.69, 9.17) is 4.74 Å². The van der Waals surface area contributed by atoms with Gasteiger partial charge in [-0.3, -0.25) is 0 Å². The van der Waals surface area contributed by atoms with Gasteiger partial charge in [0.05, 0.1) is 23.9 Å². The van der Waals surface area contributed by atoms with Crippen LogP contribution in [0.2, 0.25) is 0 Å². The lowest BCUT2D eigenvalue weighted by Crippen LogP contribution is -2.10. The second kappa shape index (κ2) is 4.07. The summed E-state index contributed by atoms with van der Waals surface area (Å²) in [5.74, 6) is 2.74. The van der Waals surface area contributed by atoms with E-state index in [1.54, 1.807) is 6.07 Å². The van der Waals surface area contributed by atoms with E-state index in [9.17, 15) is 4.79 Å². The van der Waals surface area contributed by atoms with Gasteiger partial charge in [0.15, 0.2) is 0 Å². The molecule has 88 valence electrons. The SMILES string of the molecule is COC(=O)c1cccc2c1nc1n2CCSC1. The number of benzene rings is 1. The third kappa shape index (κ3) is 1.61. The maximum absolute atomic E-state index is 11.7. The largest absolute Gasteiger partial charge is 0.465 e. The van der Waals surface area contributed by atoms with Crippen molar-refractivity contribution in [1.29, 1.82) is 0 Å². The van der Waals surface area contributed by atoms with Crippen LogP contribution in [0.4, 0.5) is 0 Å². The number of rotatable bonds is 1. The monoisotopic (exact) mass is 248 g/mol. The van der Waals surface area contributed by atoms with Crippen LogP contribution >= 0.6 is 11.8 Å². The number of hydrogen-bond acceptors (Lipinski definition) is 4. The average Bonchev–Trinajstić information content (AvgIpc) is 2.76. The number of nitrogens with zero attached hydrogens (tertiary/aromatic N) is 2. The van der Waals surface area contributed by atoms with E-state index in [2.05, 4.69) is 9.55 Å². The van der Waals surface area contributed by atoms with Crippen molar-refractivity contribution >= 4 is 28.8 Å². The van der Waals surface area contributed by atoms with E-state index >= 15 is 0 Å². The van der Waals surface area contributed by atoms with Gasteiger partial charge in [0.2, 0.25) is 0 Å². The van der Waals surface area contributed by atoms with Gasteiger partial charge in [-0.2, -0.15) is 11.8 Å². The molecule has 0 fully saturated rings. The molecule has 2 aromatic rings. The number of hydrogen-bond donors (Lipinski definition) is 0. The first-order chi connectivity index (χ1) is 8.31. The van der Waals surface area contributed by atoms with E-state index in [1.165, 1.54) is 7.11 Å². The van der Waals surface area contributed by atoms with Gasteiger partial charge in [-0.25, -0.2) is 9.78 Å². The molecule has 0 aliphatic carbocycles. The van der Waals surface area contributed by atoms with E-state index in [1.807, 2.05) is 23.9 Å². The minimum absolute atomic E-state index is 0.321. The van der Waals surface area contributed by atoms with Gasteiger partial charge in [-0.15, -0.1) is 0 Å². The summed E-state index contributed by atoms with van der Waals surface area (Å²) in [6, 6.07) is 5.65. The second-order valence-electron chi connectivity index (χ2n) is 3.90. The molecular weight excluding hydrogens is 236 g/mol. The van der Waals surface area contributed by atoms with Crippen LogP contribution < -0.4 is 0 Å². The quantitative estimate of drug-likeness (QED) is 0.725. The van der Waals surface area contributed by atoms with E-state index < -0.39 is 0 Å². The highest BCUT2D eigenvalue weighted by Gasteiger charge is 2.19. The molecule has 0 saturated carbocycles. The molecule has 5 heteroatoms. The fourth-order valence-electron chi connectivity index (χ4n) is 2.15. The van der Waals surface area contributed by atoms with E-state index in [0.29, 0.717) is 5.56 Å². The predicted octanol–water partition coefficient (Wildman–Crippen LogP) is 2.07. The Balaban J connectivity index is 2.26. The topological polar surface area (TPSA) is 44.1 Å². The molecule has 0 atom stereocenters. The van der Waals surface area contributed by atoms with Gasteiger partial charge in [0, 0.05) is 12.3 Å². The highest BCUT2D eigenvalue weighted by atomic mass is 32.2. The lowest BCUT2D eigenvalue weighted by atomic mass is 10.2. The van der Waals surface area contributed by atoms with Crippen molar-refractivity contribution in [3.8, 4) is 0 Å². The van der Waals surface area contributed by atoms with Gasteiger partial charge in [-0.05, 0) is 12.1 Å². The molecule has 1 aromatic heterocycles. The van der Waals surface area contributed by atoms with Crippen molar-refractivity contribution in [2.24, 2.45) is 0 Å². The lowest BCUT2D eigenvalue weighted by Gasteiger charge is -2.13. The summed E-state index contributed by atoms with van der Waals surface area (Å²) >= 11 is 1.87. The Bertz CT molecular complexity index is 591. The molecule has 0 amide bonds. The normalized spacial score (nSPS) is 14.6. The second-order valence-corrected chi connectivity index (χ2v) is 5.00. The molecule has 0 bridgehead atoms. The number of ether oxygens (including phenoxy) is 1. The maximum Gasteiger partial charge on any atom is 0.340 e. The fraction of sp³-hybridized carbons (Fsp3) is 0.333. The minimum Gasteiger partial charge on any atom is -0.465 e. The summed E-state index contributed by atoms with van der Waals surface area (Å²) in [5.41, 5.74) is 2.34. The first kappa shape index (κ1) is 10.7. The number of para-hydroxylation sites is 1. The van der Waals surface area contributed by atoms with Gasteiger partial charge >= 0.3 is 5.97 Å². The molecule has 0 saturated heterocycles. The molecule has 1 aliphatic heterocycles. The Morgan fingerprint density at radius 1 is 1.53 bits per heavy atom. The number of aryl methyl sites for hydroxylation is 1. The summed E-state index contributed by atoms with van der Waals surface area (Å²) < 4.78 is 6.98. The van der Waals surface area contributed by atoms with Crippen LogP contribution in [0.1, 0.15) is 16.2 Å². The molecule has 4 nitrogen and oxygen atoms in total. The minimum atomic E-state index is -0.321. The Hall–Kier alpha value is -1.49. The van der Waals surface area contributed by atoms with Crippen LogP contribution in [0.3, 0.4) is 0 Å². The molecular formula is C12H12N2O2S. The summed E-state index contributed by atoms with van der Waals surface area (Å²) in [4.78, 5) is 16.2. The number of aromatic nitrogens is 2. The van der Waals surface area contributed by atoms with Crippen molar-refractivity contribution in [2.45, 2.75) is 12.3 Å². The molecule has 2 heterocycles. The number of esters is 1. The average molecular weight is 248 g/mol. The standard InChI is InChI=1S/C12H12N2O2S/c1-16-12(15)8-3-2-4-9-11(8)13-10-7-17-6-5-14(9)10/h2-4H,5-7H2,1H3. The first-order valence-corrected chi connectivity index (χ1v) is 6.61. The summed E-state index contributed by atoms with van der Waals surface area (Å²) in [6.45, 7) is 0.959. The molecule has 17 heavy (non-hydrogen) atoms. The zero-order valence-corrected chi connectivity index (χ0v) is 10.3. The zero-order chi connectivity index (χ0) is 11.8. The number of imidazole rings is 1. The molecule has 0 unspecified atom stereocenters. The molecule has 3 rings (SSSR count). The van der Waals surface area contributed by atoms with Crippen molar-refractivity contribution in [1.82, 2.24) is 9.55 Å². The van der Waals surface area contributed by atoms with Gasteiger partial charge < -0.3 is 9.30 Å². The van der Waals surface area contributed by atoms with Gasteiger partial charge in [-0.1, -0.05) is 6.07 Å². The summed E-state index contributed by atoms with van der Waals surface area (Å²) in [7, 11) is 1.40. The van der Waals surface area contributed by atoms with Gasteiger partial charge in [0.1, 0.15) is 11.3 Å². The van der Waals surface area contributed by atoms with Crippen LogP contribution in [-0.2, 0) is 17.0 Å². The Kier molecular flexibility index (Phi) is 2.55. The van der Waals surface area contributed by atoms with Crippen molar-refractivity contribution < 1.29 is 9.53 Å². The molecule has 1 aliphatic rings. The first-order valence-electron chi connectivity index (χ1n) is 5.45. The number of methoxy groups -OCH3 is 1. The number of carbonyl (C=O) groups is 1. The van der Waals surface area contributed by atoms with Crippen molar-refractivity contribution in [3.05, 3.63) is 29.6 Å². The van der Waals surface area contributed by atoms with Crippen LogP contribution in [0.15, 0.2) is 18.2 Å². The third-order valence-electron chi connectivity index (χ3n) is 2.95. The molecule has 1 aromatic carbocycles. The molecule has 0 radical (unpaired) electrons. The Morgan fingerprint density at radius 3 is 3.24 bits per heavy atom. The Labute approximate surface area is 103 Å². The summed E-state index contributed by atoms with van der Waals surface area (Å²) in [5, 5.41) is 0. The smallest absolute Gasteiger partial charge is 0.340 e. The third-order valence-corrected chi connectivity index (χ3v) is 3.89. The maximum atomic E-state index is 11.7. The Morgan fingerprint density at radius 2 is 2.41 bits per heavy atom. The van der Waals surface area contributed by atoms with Crippen LogP contribution in [0.5, 0.6) is 0 Å². The number of fused-ring (bicyclic) bond motifs is 3. The van der Waals surface area contributed by atoms with Crippen LogP contribution in [0.25, 0.3) is 11.0 Å². The van der Waals surface area contributed by atoms with Crippen LogP contribution in [-0.4, -0.2) is 28.4 Å².